The first-order valence-corrected chi connectivity index (χ1v) is 6.81. The van der Waals surface area contributed by atoms with Gasteiger partial charge in [0.05, 0.1) is 11.6 Å². The van der Waals surface area contributed by atoms with E-state index in [1.807, 2.05) is 13.0 Å². The highest BCUT2D eigenvalue weighted by atomic mass is 79.9. The molecule has 0 heterocycles. The van der Waals surface area contributed by atoms with Gasteiger partial charge in [0.25, 0.3) is 5.91 Å². The van der Waals surface area contributed by atoms with E-state index in [0.717, 1.165) is 10.0 Å². The van der Waals surface area contributed by atoms with Crippen LogP contribution in [0, 0.1) is 6.92 Å². The molecule has 2 aromatic rings. The molecule has 0 unspecified atom stereocenters. The Labute approximate surface area is 126 Å². The molecule has 0 aromatic heterocycles. The third-order valence-corrected chi connectivity index (χ3v) is 3.54. The molecule has 0 radical (unpaired) electrons. The van der Waals surface area contributed by atoms with E-state index in [1.54, 1.807) is 37.4 Å². The Morgan fingerprint density at radius 3 is 2.65 bits per heavy atom. The average Bonchev–Trinajstić information content (AvgIpc) is 2.41. The van der Waals surface area contributed by atoms with Crippen LogP contribution < -0.4 is 15.8 Å². The number of benzene rings is 2. The van der Waals surface area contributed by atoms with Crippen LogP contribution in [0.3, 0.4) is 0 Å². The van der Waals surface area contributed by atoms with E-state index in [4.69, 9.17) is 10.5 Å². The zero-order valence-electron chi connectivity index (χ0n) is 11.2. The monoisotopic (exact) mass is 334 g/mol. The first kappa shape index (κ1) is 14.4. The minimum atomic E-state index is -0.188. The predicted octanol–water partition coefficient (Wildman–Crippen LogP) is 3.60. The maximum absolute atomic E-state index is 12.2. The molecule has 0 aliphatic heterocycles. The van der Waals surface area contributed by atoms with Crippen molar-refractivity contribution in [3.05, 3.63) is 52.0 Å². The van der Waals surface area contributed by atoms with Gasteiger partial charge in [-0.2, -0.15) is 0 Å². The van der Waals surface area contributed by atoms with Gasteiger partial charge in [-0.1, -0.05) is 6.07 Å². The van der Waals surface area contributed by atoms with Gasteiger partial charge in [0.15, 0.2) is 0 Å². The van der Waals surface area contributed by atoms with Crippen molar-refractivity contribution in [2.75, 3.05) is 18.2 Å². The second kappa shape index (κ2) is 5.96. The van der Waals surface area contributed by atoms with Gasteiger partial charge in [-0.15, -0.1) is 0 Å². The van der Waals surface area contributed by atoms with E-state index in [9.17, 15) is 4.79 Å². The van der Waals surface area contributed by atoms with E-state index >= 15 is 0 Å². The van der Waals surface area contributed by atoms with Gasteiger partial charge in [-0.05, 0) is 58.7 Å². The molecule has 20 heavy (non-hydrogen) atoms. The number of aryl methyl sites for hydroxylation is 1. The van der Waals surface area contributed by atoms with Crippen LogP contribution in [0.15, 0.2) is 40.9 Å². The van der Waals surface area contributed by atoms with E-state index in [-0.39, 0.29) is 5.91 Å². The highest BCUT2D eigenvalue weighted by molar-refractivity contribution is 9.10. The van der Waals surface area contributed by atoms with Crippen LogP contribution in [0.4, 0.5) is 11.4 Å². The number of carbonyl (C=O) groups is 1. The van der Waals surface area contributed by atoms with Gasteiger partial charge >= 0.3 is 0 Å². The SMILES string of the molecule is COc1ccc(NC(=O)c2cc(N)ccc2C)cc1Br. The molecule has 104 valence electrons. The summed E-state index contributed by atoms with van der Waals surface area (Å²) in [6.45, 7) is 1.87. The van der Waals surface area contributed by atoms with Gasteiger partial charge in [0, 0.05) is 16.9 Å². The molecule has 0 saturated heterocycles. The molecule has 0 bridgehead atoms. The fraction of sp³-hybridized carbons (Fsp3) is 0.133. The van der Waals surface area contributed by atoms with Crippen LogP contribution in [0.25, 0.3) is 0 Å². The largest absolute Gasteiger partial charge is 0.496 e. The quantitative estimate of drug-likeness (QED) is 0.843. The Balaban J connectivity index is 2.23. The summed E-state index contributed by atoms with van der Waals surface area (Å²) in [6, 6.07) is 10.6. The second-order valence-corrected chi connectivity index (χ2v) is 5.23. The Bertz CT molecular complexity index is 656. The van der Waals surface area contributed by atoms with Crippen molar-refractivity contribution < 1.29 is 9.53 Å². The Morgan fingerprint density at radius 2 is 2.00 bits per heavy atom. The summed E-state index contributed by atoms with van der Waals surface area (Å²) in [7, 11) is 1.59. The Kier molecular flexibility index (Phi) is 4.29. The van der Waals surface area contributed by atoms with E-state index in [2.05, 4.69) is 21.2 Å². The summed E-state index contributed by atoms with van der Waals surface area (Å²) in [6.07, 6.45) is 0. The summed E-state index contributed by atoms with van der Waals surface area (Å²) < 4.78 is 5.93. The van der Waals surface area contributed by atoms with Gasteiger partial charge < -0.3 is 15.8 Å². The highest BCUT2D eigenvalue weighted by Crippen LogP contribution is 2.28. The van der Waals surface area contributed by atoms with Crippen molar-refractivity contribution in [3.8, 4) is 5.75 Å². The van der Waals surface area contributed by atoms with E-state index in [0.29, 0.717) is 22.7 Å². The number of hydrogen-bond acceptors (Lipinski definition) is 3. The minimum absolute atomic E-state index is 0.188. The van der Waals surface area contributed by atoms with Crippen molar-refractivity contribution >= 4 is 33.2 Å². The molecule has 0 atom stereocenters. The second-order valence-electron chi connectivity index (χ2n) is 4.38. The maximum Gasteiger partial charge on any atom is 0.256 e. The van der Waals surface area contributed by atoms with Gasteiger partial charge in [0.2, 0.25) is 0 Å². The molecule has 5 heteroatoms. The lowest BCUT2D eigenvalue weighted by Gasteiger charge is -2.10. The number of nitrogen functional groups attached to an aromatic ring is 1. The highest BCUT2D eigenvalue weighted by Gasteiger charge is 2.10. The first-order valence-electron chi connectivity index (χ1n) is 6.02. The van der Waals surface area contributed by atoms with Crippen molar-refractivity contribution in [3.63, 3.8) is 0 Å². The van der Waals surface area contributed by atoms with Crippen LogP contribution >= 0.6 is 15.9 Å². The number of carbonyl (C=O) groups excluding carboxylic acids is 1. The number of rotatable bonds is 3. The van der Waals surface area contributed by atoms with Gasteiger partial charge in [-0.25, -0.2) is 0 Å². The number of nitrogens with one attached hydrogen (secondary N) is 1. The lowest BCUT2D eigenvalue weighted by atomic mass is 10.1. The number of ether oxygens (including phenoxy) is 1. The summed E-state index contributed by atoms with van der Waals surface area (Å²) in [5, 5.41) is 2.84. The van der Waals surface area contributed by atoms with Gasteiger partial charge in [0.1, 0.15) is 5.75 Å². The lowest BCUT2D eigenvalue weighted by molar-refractivity contribution is 0.102. The van der Waals surface area contributed by atoms with Crippen molar-refractivity contribution in [2.45, 2.75) is 6.92 Å². The molecule has 4 nitrogen and oxygen atoms in total. The molecule has 0 fully saturated rings. The fourth-order valence-corrected chi connectivity index (χ4v) is 2.37. The molecule has 0 aliphatic carbocycles. The molecule has 0 spiro atoms. The number of methoxy groups -OCH3 is 1. The van der Waals surface area contributed by atoms with Gasteiger partial charge in [-0.3, -0.25) is 4.79 Å². The van der Waals surface area contributed by atoms with Crippen LogP contribution in [0.1, 0.15) is 15.9 Å². The summed E-state index contributed by atoms with van der Waals surface area (Å²) in [5.41, 5.74) is 8.41. The number of amides is 1. The standard InChI is InChI=1S/C15H15BrN2O2/c1-9-3-4-10(17)7-12(9)15(19)18-11-5-6-14(20-2)13(16)8-11/h3-8H,17H2,1-2H3,(H,18,19). The van der Waals surface area contributed by atoms with E-state index < -0.39 is 0 Å². The summed E-state index contributed by atoms with van der Waals surface area (Å²) >= 11 is 3.38. The molecule has 2 aromatic carbocycles. The smallest absolute Gasteiger partial charge is 0.256 e. The number of hydrogen-bond donors (Lipinski definition) is 2. The summed E-state index contributed by atoms with van der Waals surface area (Å²) in [5.74, 6) is 0.523. The van der Waals surface area contributed by atoms with Crippen LogP contribution in [0.5, 0.6) is 5.75 Å². The van der Waals surface area contributed by atoms with Crippen molar-refractivity contribution in [1.82, 2.24) is 0 Å². The first-order chi connectivity index (χ1) is 9.51. The number of halogens is 1. The number of nitrogens with two attached hydrogens (primary N) is 1. The van der Waals surface area contributed by atoms with E-state index in [1.165, 1.54) is 0 Å². The predicted molar refractivity (Wildman–Crippen MR) is 84.2 cm³/mol. The lowest BCUT2D eigenvalue weighted by Crippen LogP contribution is -2.13. The maximum atomic E-state index is 12.2. The fourth-order valence-electron chi connectivity index (χ4n) is 1.83. The molecule has 0 aliphatic rings. The minimum Gasteiger partial charge on any atom is -0.496 e. The zero-order chi connectivity index (χ0) is 14.7. The van der Waals surface area contributed by atoms with Crippen molar-refractivity contribution in [2.24, 2.45) is 0 Å². The molecular formula is C15H15BrN2O2. The third kappa shape index (κ3) is 3.11. The number of anilines is 2. The molecule has 0 saturated carbocycles. The molecular weight excluding hydrogens is 320 g/mol. The Hall–Kier alpha value is -2.01. The molecule has 2 rings (SSSR count). The Morgan fingerprint density at radius 1 is 1.25 bits per heavy atom. The van der Waals surface area contributed by atoms with Crippen LogP contribution in [0.2, 0.25) is 0 Å². The van der Waals surface area contributed by atoms with Crippen LogP contribution in [-0.2, 0) is 0 Å². The van der Waals surface area contributed by atoms with Crippen molar-refractivity contribution in [1.29, 1.82) is 0 Å². The normalized spacial score (nSPS) is 10.2. The third-order valence-electron chi connectivity index (χ3n) is 2.92. The average molecular weight is 335 g/mol. The zero-order valence-corrected chi connectivity index (χ0v) is 12.8. The molecule has 1 amide bonds. The topological polar surface area (TPSA) is 64.3 Å². The van der Waals surface area contributed by atoms with Crippen LogP contribution in [-0.4, -0.2) is 13.0 Å². The summed E-state index contributed by atoms with van der Waals surface area (Å²) in [4.78, 5) is 12.2. The molecule has 3 N–H and O–H groups in total.